The molecule has 15 heavy (non-hydrogen) atoms. The summed E-state index contributed by atoms with van der Waals surface area (Å²) in [6.45, 7) is 6.32. The Labute approximate surface area is 89.0 Å². The molecule has 78 valence electrons. The van der Waals surface area contributed by atoms with Crippen molar-refractivity contribution >= 4 is 10.9 Å². The molecule has 0 radical (unpaired) electrons. The molecule has 0 aliphatic carbocycles. The van der Waals surface area contributed by atoms with E-state index in [0.29, 0.717) is 5.39 Å². The van der Waals surface area contributed by atoms with Crippen molar-refractivity contribution in [3.8, 4) is 0 Å². The minimum atomic E-state index is -0.203. The van der Waals surface area contributed by atoms with Gasteiger partial charge in [-0.15, -0.1) is 0 Å². The molecule has 0 amide bonds. The number of halogens is 1. The molecule has 1 aromatic heterocycles. The van der Waals surface area contributed by atoms with Gasteiger partial charge in [0.05, 0.1) is 5.52 Å². The van der Waals surface area contributed by atoms with E-state index < -0.39 is 0 Å². The number of fused-ring (bicyclic) bond motifs is 1. The van der Waals surface area contributed by atoms with Crippen LogP contribution >= 0.6 is 0 Å². The maximum absolute atomic E-state index is 13.5. The van der Waals surface area contributed by atoms with Crippen molar-refractivity contribution in [2.24, 2.45) is 0 Å². The fraction of sp³-hybridized carbons (Fsp3) is 0.308. The highest BCUT2D eigenvalue weighted by atomic mass is 19.1. The second-order valence-corrected chi connectivity index (χ2v) is 4.74. The number of benzene rings is 1. The van der Waals surface area contributed by atoms with Crippen LogP contribution in [-0.2, 0) is 5.41 Å². The van der Waals surface area contributed by atoms with Gasteiger partial charge in [0.1, 0.15) is 5.82 Å². The molecule has 1 aromatic carbocycles. The summed E-state index contributed by atoms with van der Waals surface area (Å²) in [5.41, 5.74) is 1.84. The largest absolute Gasteiger partial charge is 0.256 e. The minimum absolute atomic E-state index is 0.0136. The summed E-state index contributed by atoms with van der Waals surface area (Å²) < 4.78 is 13.5. The van der Waals surface area contributed by atoms with Crippen LogP contribution in [0.1, 0.15) is 26.3 Å². The lowest BCUT2D eigenvalue weighted by Crippen LogP contribution is -2.12. The van der Waals surface area contributed by atoms with Crippen molar-refractivity contribution in [2.75, 3.05) is 0 Å². The zero-order valence-corrected chi connectivity index (χ0v) is 9.21. The second kappa shape index (κ2) is 3.30. The Morgan fingerprint density at radius 3 is 2.53 bits per heavy atom. The van der Waals surface area contributed by atoms with Crippen molar-refractivity contribution in [1.82, 2.24) is 4.98 Å². The summed E-state index contributed by atoms with van der Waals surface area (Å²) in [4.78, 5) is 4.27. The number of hydrogen-bond acceptors (Lipinski definition) is 1. The standard InChI is InChI=1S/C13H14FN/c1-13(2,3)10-6-7-11(14)9-5-4-8-15-12(9)10/h4-8H,1-3H3. The van der Waals surface area contributed by atoms with Crippen LogP contribution in [0.4, 0.5) is 4.39 Å². The van der Waals surface area contributed by atoms with Crippen LogP contribution in [0, 0.1) is 5.82 Å². The van der Waals surface area contributed by atoms with Gasteiger partial charge in [-0.1, -0.05) is 26.8 Å². The van der Waals surface area contributed by atoms with Crippen LogP contribution in [0.5, 0.6) is 0 Å². The normalized spacial score (nSPS) is 12.0. The van der Waals surface area contributed by atoms with Gasteiger partial charge in [-0.05, 0) is 29.2 Å². The van der Waals surface area contributed by atoms with Crippen LogP contribution in [-0.4, -0.2) is 4.98 Å². The third-order valence-electron chi connectivity index (χ3n) is 2.52. The van der Waals surface area contributed by atoms with Gasteiger partial charge in [0.2, 0.25) is 0 Å². The molecule has 1 nitrogen and oxygen atoms in total. The van der Waals surface area contributed by atoms with E-state index in [1.807, 2.05) is 6.07 Å². The first-order valence-corrected chi connectivity index (χ1v) is 5.04. The van der Waals surface area contributed by atoms with E-state index in [9.17, 15) is 4.39 Å². The Hall–Kier alpha value is -1.44. The van der Waals surface area contributed by atoms with Crippen LogP contribution in [0.3, 0.4) is 0 Å². The molecule has 0 N–H and O–H groups in total. The minimum Gasteiger partial charge on any atom is -0.256 e. The van der Waals surface area contributed by atoms with E-state index in [2.05, 4.69) is 25.8 Å². The van der Waals surface area contributed by atoms with E-state index in [-0.39, 0.29) is 11.2 Å². The molecule has 2 aromatic rings. The molecule has 0 saturated heterocycles. The molecule has 1 heterocycles. The van der Waals surface area contributed by atoms with Gasteiger partial charge in [-0.25, -0.2) is 4.39 Å². The number of nitrogens with zero attached hydrogens (tertiary/aromatic N) is 1. The molecule has 0 atom stereocenters. The molecule has 2 heteroatoms. The third kappa shape index (κ3) is 1.72. The van der Waals surface area contributed by atoms with Crippen molar-refractivity contribution in [1.29, 1.82) is 0 Å². The molecule has 0 bridgehead atoms. The second-order valence-electron chi connectivity index (χ2n) is 4.74. The van der Waals surface area contributed by atoms with E-state index in [0.717, 1.165) is 11.1 Å². The highest BCUT2D eigenvalue weighted by Crippen LogP contribution is 2.29. The van der Waals surface area contributed by atoms with Crippen molar-refractivity contribution in [3.63, 3.8) is 0 Å². The summed E-state index contributed by atoms with van der Waals surface area (Å²) in [5.74, 6) is -0.203. The van der Waals surface area contributed by atoms with E-state index in [1.165, 1.54) is 6.07 Å². The Morgan fingerprint density at radius 2 is 1.87 bits per heavy atom. The Balaban J connectivity index is 2.84. The lowest BCUT2D eigenvalue weighted by Gasteiger charge is -2.20. The third-order valence-corrected chi connectivity index (χ3v) is 2.52. The predicted octanol–water partition coefficient (Wildman–Crippen LogP) is 3.67. The fourth-order valence-electron chi connectivity index (χ4n) is 1.74. The van der Waals surface area contributed by atoms with Crippen LogP contribution in [0.15, 0.2) is 30.5 Å². The van der Waals surface area contributed by atoms with Crippen LogP contribution in [0.2, 0.25) is 0 Å². The molecular weight excluding hydrogens is 189 g/mol. The molecule has 0 fully saturated rings. The smallest absolute Gasteiger partial charge is 0.132 e. The van der Waals surface area contributed by atoms with Crippen LogP contribution < -0.4 is 0 Å². The zero-order chi connectivity index (χ0) is 11.1. The predicted molar refractivity (Wildman–Crippen MR) is 60.4 cm³/mol. The van der Waals surface area contributed by atoms with Gasteiger partial charge >= 0.3 is 0 Å². The first kappa shape index (κ1) is 10.1. The molecule has 0 aliphatic heterocycles. The Kier molecular flexibility index (Phi) is 2.22. The Morgan fingerprint density at radius 1 is 1.13 bits per heavy atom. The summed E-state index contributed by atoms with van der Waals surface area (Å²) in [6.07, 6.45) is 1.71. The lowest BCUT2D eigenvalue weighted by molar-refractivity contribution is 0.590. The maximum atomic E-state index is 13.5. The number of rotatable bonds is 0. The molecule has 0 spiro atoms. The van der Waals surface area contributed by atoms with E-state index in [1.54, 1.807) is 18.3 Å². The van der Waals surface area contributed by atoms with Crippen molar-refractivity contribution in [3.05, 3.63) is 41.8 Å². The SMILES string of the molecule is CC(C)(C)c1ccc(F)c2cccnc12. The highest BCUT2D eigenvalue weighted by Gasteiger charge is 2.18. The van der Waals surface area contributed by atoms with Crippen LogP contribution in [0.25, 0.3) is 10.9 Å². The van der Waals surface area contributed by atoms with Gasteiger partial charge in [-0.2, -0.15) is 0 Å². The van der Waals surface area contributed by atoms with Crippen molar-refractivity contribution in [2.45, 2.75) is 26.2 Å². The molecule has 0 aliphatic rings. The van der Waals surface area contributed by atoms with Gasteiger partial charge < -0.3 is 0 Å². The topological polar surface area (TPSA) is 12.9 Å². The molecular formula is C13H14FN. The lowest BCUT2D eigenvalue weighted by atomic mass is 9.85. The summed E-state index contributed by atoms with van der Waals surface area (Å²) in [5, 5.41) is 0.602. The monoisotopic (exact) mass is 203 g/mol. The molecule has 2 rings (SSSR count). The molecule has 0 saturated carbocycles. The quantitative estimate of drug-likeness (QED) is 0.636. The number of hydrogen-bond donors (Lipinski definition) is 0. The first-order valence-electron chi connectivity index (χ1n) is 5.04. The zero-order valence-electron chi connectivity index (χ0n) is 9.21. The molecule has 0 unspecified atom stereocenters. The summed E-state index contributed by atoms with van der Waals surface area (Å²) >= 11 is 0. The average molecular weight is 203 g/mol. The van der Waals surface area contributed by atoms with E-state index in [4.69, 9.17) is 0 Å². The maximum Gasteiger partial charge on any atom is 0.132 e. The van der Waals surface area contributed by atoms with Gasteiger partial charge in [-0.3, -0.25) is 4.98 Å². The summed E-state index contributed by atoms with van der Waals surface area (Å²) in [6, 6.07) is 6.88. The van der Waals surface area contributed by atoms with Gasteiger partial charge in [0.15, 0.2) is 0 Å². The first-order chi connectivity index (χ1) is 7.00. The summed E-state index contributed by atoms with van der Waals surface area (Å²) in [7, 11) is 0. The van der Waals surface area contributed by atoms with Gasteiger partial charge in [0, 0.05) is 11.6 Å². The Bertz CT molecular complexity index is 497. The average Bonchev–Trinajstić information content (AvgIpc) is 2.17. The number of pyridine rings is 1. The van der Waals surface area contributed by atoms with Crippen molar-refractivity contribution < 1.29 is 4.39 Å². The number of aromatic nitrogens is 1. The van der Waals surface area contributed by atoms with Gasteiger partial charge in [0.25, 0.3) is 0 Å². The van der Waals surface area contributed by atoms with E-state index >= 15 is 0 Å². The highest BCUT2D eigenvalue weighted by molar-refractivity contribution is 5.83. The fourth-order valence-corrected chi connectivity index (χ4v) is 1.74.